The molecule has 2 N–H and O–H groups in total. The molecule has 0 spiro atoms. The molecule has 0 saturated carbocycles. The molecule has 0 aromatic heterocycles. The number of para-hydroxylation sites is 3. The summed E-state index contributed by atoms with van der Waals surface area (Å²) < 4.78 is 22.9. The van der Waals surface area contributed by atoms with Crippen LogP contribution in [0.2, 0.25) is 0 Å². The summed E-state index contributed by atoms with van der Waals surface area (Å²) in [4.78, 5) is 18.6. The predicted molar refractivity (Wildman–Crippen MR) is 164 cm³/mol. The van der Waals surface area contributed by atoms with Crippen molar-refractivity contribution in [3.8, 4) is 17.2 Å². The molecule has 0 saturated heterocycles. The molecule has 6 nitrogen and oxygen atoms in total. The zero-order chi connectivity index (χ0) is 28.8. The summed E-state index contributed by atoms with van der Waals surface area (Å²) in [7, 11) is -4.10. The van der Waals surface area contributed by atoms with Gasteiger partial charge in [0.2, 0.25) is 0 Å². The lowest BCUT2D eigenvalue weighted by Gasteiger charge is -2.31. The lowest BCUT2D eigenvalue weighted by atomic mass is 9.86. The zero-order valence-electron chi connectivity index (χ0n) is 22.1. The zero-order valence-corrected chi connectivity index (χ0v) is 23.9. The van der Waals surface area contributed by atoms with E-state index in [4.69, 9.17) is 18.1 Å². The van der Waals surface area contributed by atoms with E-state index in [2.05, 4.69) is 6.58 Å². The van der Waals surface area contributed by atoms with Crippen LogP contribution in [0.3, 0.4) is 0 Å². The quantitative estimate of drug-likeness (QED) is 0.119. The molecule has 0 fully saturated rings. The van der Waals surface area contributed by atoms with Crippen LogP contribution in [0.25, 0.3) is 0 Å². The van der Waals surface area contributed by atoms with Crippen LogP contribution in [0.4, 0.5) is 0 Å². The second-order valence-electron chi connectivity index (χ2n) is 8.45. The fourth-order valence-corrected chi connectivity index (χ4v) is 5.34. The van der Waals surface area contributed by atoms with Gasteiger partial charge in [0.1, 0.15) is 22.8 Å². The van der Waals surface area contributed by atoms with Crippen molar-refractivity contribution in [1.82, 2.24) is 0 Å². The molecule has 5 aromatic carbocycles. The van der Waals surface area contributed by atoms with E-state index in [9.17, 15) is 9.79 Å². The highest BCUT2D eigenvalue weighted by Gasteiger charge is 2.34. The van der Waals surface area contributed by atoms with E-state index in [1.807, 2.05) is 152 Å². The summed E-state index contributed by atoms with van der Waals surface area (Å²) in [5.41, 5.74) is 0.538. The maximum absolute atomic E-state index is 9.29. The Kier molecular flexibility index (Phi) is 11.5. The Morgan fingerprint density at radius 2 is 0.780 bits per heavy atom. The summed E-state index contributed by atoms with van der Waals surface area (Å²) in [6, 6.07) is 47.3. The van der Waals surface area contributed by atoms with Gasteiger partial charge in [0.25, 0.3) is 0 Å². The van der Waals surface area contributed by atoms with Gasteiger partial charge in [0.15, 0.2) is 0 Å². The minimum Gasteiger partial charge on any atom is -0.409 e. The molecule has 0 heterocycles. The van der Waals surface area contributed by atoms with E-state index in [0.29, 0.717) is 17.2 Å². The van der Waals surface area contributed by atoms with E-state index in [1.165, 1.54) is 0 Å². The van der Waals surface area contributed by atoms with Crippen LogP contribution in [0.15, 0.2) is 164 Å². The first-order valence-electron chi connectivity index (χ1n) is 12.7. The molecule has 0 amide bonds. The number of hydrogen-bond donors (Lipinski definition) is 2. The number of benzene rings is 5. The third-order valence-electron chi connectivity index (χ3n) is 5.69. The van der Waals surface area contributed by atoms with Gasteiger partial charge in [-0.15, -0.1) is 0 Å². The van der Waals surface area contributed by atoms with E-state index < -0.39 is 22.8 Å². The standard InChI is InChI=1S/C18H15O3P.C15H15O3P/c1-4-10-16(11-5-1)19-22(20-17-12-6-2-7-13-17)21-18-14-8-3-9-15-18;1-2-15(18-19(16)17,13-9-5-3-6-10-13)14-11-7-4-8-12-14/h1-15H;2-12,16-17H,1H2. The molecule has 0 aliphatic rings. The molecule has 5 aromatic rings. The largest absolute Gasteiger partial charge is 0.530 e. The van der Waals surface area contributed by atoms with Gasteiger partial charge in [-0.1, -0.05) is 128 Å². The van der Waals surface area contributed by atoms with Gasteiger partial charge in [-0.2, -0.15) is 0 Å². The molecule has 0 atom stereocenters. The summed E-state index contributed by atoms with van der Waals surface area (Å²) in [6.45, 7) is 3.80. The topological polar surface area (TPSA) is 77.4 Å². The Morgan fingerprint density at radius 3 is 1.05 bits per heavy atom. The summed E-state index contributed by atoms with van der Waals surface area (Å²) in [5, 5.41) is 0. The highest BCUT2D eigenvalue weighted by molar-refractivity contribution is 7.43. The molecule has 5 rings (SSSR count). The van der Waals surface area contributed by atoms with Crippen molar-refractivity contribution in [2.45, 2.75) is 5.60 Å². The number of hydrogen-bond acceptors (Lipinski definition) is 6. The van der Waals surface area contributed by atoms with Gasteiger partial charge < -0.3 is 23.4 Å². The molecule has 0 aliphatic heterocycles. The lowest BCUT2D eigenvalue weighted by Crippen LogP contribution is -2.26. The first-order valence-corrected chi connectivity index (χ1v) is 15.0. The van der Waals surface area contributed by atoms with Gasteiger partial charge >= 0.3 is 17.2 Å². The fourth-order valence-electron chi connectivity index (χ4n) is 3.80. The first-order chi connectivity index (χ1) is 20.1. The van der Waals surface area contributed by atoms with E-state index in [0.717, 1.165) is 11.1 Å². The van der Waals surface area contributed by atoms with Crippen LogP contribution >= 0.6 is 17.2 Å². The Hall–Kier alpha value is -4.02. The normalized spacial score (nSPS) is 10.8. The predicted octanol–water partition coefficient (Wildman–Crippen LogP) is 8.79. The van der Waals surface area contributed by atoms with Crippen molar-refractivity contribution in [3.05, 3.63) is 175 Å². The highest BCUT2D eigenvalue weighted by Crippen LogP contribution is 2.44. The van der Waals surface area contributed by atoms with E-state index in [-0.39, 0.29) is 0 Å². The summed E-state index contributed by atoms with van der Waals surface area (Å²) in [5.74, 6) is 2.13. The van der Waals surface area contributed by atoms with Crippen LogP contribution in [0.5, 0.6) is 17.2 Å². The molecule has 208 valence electrons. The molecule has 41 heavy (non-hydrogen) atoms. The SMILES string of the molecule is C=CC(OP(O)O)(c1ccccc1)c1ccccc1.c1ccc(OP(Oc2ccccc2)Oc2ccccc2)cc1. The average Bonchev–Trinajstić information content (AvgIpc) is 3.02. The summed E-state index contributed by atoms with van der Waals surface area (Å²) in [6.07, 6.45) is 1.58. The fraction of sp³-hybridized carbons (Fsp3) is 0.0303. The maximum Gasteiger partial charge on any atom is 0.530 e. The van der Waals surface area contributed by atoms with E-state index >= 15 is 0 Å². The van der Waals surface area contributed by atoms with Crippen LogP contribution in [-0.4, -0.2) is 9.79 Å². The highest BCUT2D eigenvalue weighted by atomic mass is 31.2. The van der Waals surface area contributed by atoms with E-state index in [1.54, 1.807) is 6.08 Å². The third kappa shape index (κ3) is 8.99. The molecule has 0 unspecified atom stereocenters. The maximum atomic E-state index is 9.29. The minimum absolute atomic E-state index is 0.709. The van der Waals surface area contributed by atoms with Gasteiger partial charge in [0.05, 0.1) is 0 Å². The van der Waals surface area contributed by atoms with Crippen LogP contribution in [0, 0.1) is 0 Å². The molecule has 0 aliphatic carbocycles. The Labute approximate surface area is 243 Å². The first kappa shape index (κ1) is 30.0. The third-order valence-corrected chi connectivity index (χ3v) is 7.22. The van der Waals surface area contributed by atoms with Crippen molar-refractivity contribution < 1.29 is 27.9 Å². The second kappa shape index (κ2) is 15.7. The van der Waals surface area contributed by atoms with Crippen molar-refractivity contribution in [1.29, 1.82) is 0 Å². The molecular weight excluding hydrogens is 554 g/mol. The Bertz CT molecular complexity index is 1290. The van der Waals surface area contributed by atoms with Crippen molar-refractivity contribution in [2.75, 3.05) is 0 Å². The Balaban J connectivity index is 0.000000191. The van der Waals surface area contributed by atoms with Crippen LogP contribution in [-0.2, 0) is 10.1 Å². The van der Waals surface area contributed by atoms with Crippen molar-refractivity contribution in [3.63, 3.8) is 0 Å². The smallest absolute Gasteiger partial charge is 0.409 e. The Morgan fingerprint density at radius 1 is 0.488 bits per heavy atom. The summed E-state index contributed by atoms with van der Waals surface area (Å²) >= 11 is 0. The van der Waals surface area contributed by atoms with Gasteiger partial charge in [0, 0.05) is 0 Å². The van der Waals surface area contributed by atoms with Gasteiger partial charge in [-0.05, 0) is 47.5 Å². The van der Waals surface area contributed by atoms with Gasteiger partial charge in [-0.25, -0.2) is 0 Å². The van der Waals surface area contributed by atoms with Crippen molar-refractivity contribution >= 4 is 17.2 Å². The molecule has 8 heteroatoms. The average molecular weight is 585 g/mol. The lowest BCUT2D eigenvalue weighted by molar-refractivity contribution is 0.137. The van der Waals surface area contributed by atoms with Crippen LogP contribution in [0.1, 0.15) is 11.1 Å². The monoisotopic (exact) mass is 584 g/mol. The molecule has 0 radical (unpaired) electrons. The van der Waals surface area contributed by atoms with Gasteiger partial charge in [-0.3, -0.25) is 4.52 Å². The van der Waals surface area contributed by atoms with Crippen molar-refractivity contribution in [2.24, 2.45) is 0 Å². The minimum atomic E-state index is -2.51. The molecular formula is C33H30O6P2. The molecule has 0 bridgehead atoms. The van der Waals surface area contributed by atoms with Crippen LogP contribution < -0.4 is 13.6 Å². The second-order valence-corrected chi connectivity index (χ2v) is 10.1. The number of rotatable bonds is 11.